The lowest BCUT2D eigenvalue weighted by Crippen LogP contribution is -2.38. The van der Waals surface area contributed by atoms with Gasteiger partial charge in [0.2, 0.25) is 10.0 Å². The molecular formula is C12H13Cl2N3O2S. The van der Waals surface area contributed by atoms with Crippen LogP contribution in [-0.2, 0) is 10.0 Å². The first kappa shape index (κ1) is 15.4. The number of rotatable bonds is 3. The third-order valence-electron chi connectivity index (χ3n) is 3.37. The summed E-state index contributed by atoms with van der Waals surface area (Å²) >= 11 is 11.8. The van der Waals surface area contributed by atoms with Crippen LogP contribution in [0.4, 0.5) is 0 Å². The summed E-state index contributed by atoms with van der Waals surface area (Å²) in [6, 6.07) is 4.10. The quantitative estimate of drug-likeness (QED) is 0.795. The van der Waals surface area contributed by atoms with Crippen LogP contribution in [-0.4, -0.2) is 43.8 Å². The molecule has 8 heteroatoms. The maximum Gasteiger partial charge on any atom is 0.244 e. The van der Waals surface area contributed by atoms with E-state index in [0.717, 1.165) is 0 Å². The van der Waals surface area contributed by atoms with Crippen LogP contribution < -0.4 is 0 Å². The van der Waals surface area contributed by atoms with Gasteiger partial charge in [-0.3, -0.25) is 0 Å². The van der Waals surface area contributed by atoms with E-state index in [-0.39, 0.29) is 16.0 Å². The summed E-state index contributed by atoms with van der Waals surface area (Å²) < 4.78 is 26.4. The van der Waals surface area contributed by atoms with Gasteiger partial charge in [0.1, 0.15) is 4.90 Å². The molecule has 0 bridgehead atoms. The molecule has 0 aromatic heterocycles. The predicted octanol–water partition coefficient (Wildman–Crippen LogP) is 2.17. The van der Waals surface area contributed by atoms with Crippen molar-refractivity contribution < 1.29 is 8.42 Å². The normalized spacial score (nSPS) is 19.4. The van der Waals surface area contributed by atoms with Crippen LogP contribution in [0.3, 0.4) is 0 Å². The maximum absolute atomic E-state index is 12.6. The first-order chi connectivity index (χ1) is 9.36. The van der Waals surface area contributed by atoms with Gasteiger partial charge in [-0.15, -0.1) is 0 Å². The van der Waals surface area contributed by atoms with Gasteiger partial charge in [0.05, 0.1) is 5.02 Å². The Labute approximate surface area is 128 Å². The molecule has 0 saturated carbocycles. The number of nitrogens with zero attached hydrogens (tertiary/aromatic N) is 3. The molecule has 0 spiro atoms. The molecule has 1 saturated heterocycles. The molecule has 0 N–H and O–H groups in total. The first-order valence-electron chi connectivity index (χ1n) is 5.94. The fourth-order valence-corrected chi connectivity index (χ4v) is 4.27. The zero-order chi connectivity index (χ0) is 14.9. The van der Waals surface area contributed by atoms with Crippen LogP contribution in [0.5, 0.6) is 0 Å². The maximum atomic E-state index is 12.6. The van der Waals surface area contributed by atoms with E-state index in [0.29, 0.717) is 24.5 Å². The Hall–Kier alpha value is -1.000. The molecule has 2 rings (SSSR count). The Morgan fingerprint density at radius 3 is 2.75 bits per heavy atom. The van der Waals surface area contributed by atoms with Gasteiger partial charge in [0.15, 0.2) is 6.19 Å². The molecule has 1 aliphatic rings. The monoisotopic (exact) mass is 333 g/mol. The van der Waals surface area contributed by atoms with Crippen molar-refractivity contribution in [3.63, 3.8) is 0 Å². The number of hydrogen-bond acceptors (Lipinski definition) is 4. The topological polar surface area (TPSA) is 64.4 Å². The molecule has 1 aliphatic heterocycles. The average Bonchev–Trinajstić information content (AvgIpc) is 2.89. The zero-order valence-electron chi connectivity index (χ0n) is 10.8. The smallest absolute Gasteiger partial charge is 0.244 e. The summed E-state index contributed by atoms with van der Waals surface area (Å²) in [6.07, 6.45) is 2.64. The summed E-state index contributed by atoms with van der Waals surface area (Å²) in [5, 5.41) is 9.28. The molecule has 0 aliphatic carbocycles. The van der Waals surface area contributed by atoms with E-state index in [2.05, 4.69) is 0 Å². The van der Waals surface area contributed by atoms with Crippen molar-refractivity contribution in [1.29, 1.82) is 5.26 Å². The van der Waals surface area contributed by atoms with Gasteiger partial charge in [0.25, 0.3) is 0 Å². The number of sulfonamides is 1. The Morgan fingerprint density at radius 2 is 2.15 bits per heavy atom. The highest BCUT2D eigenvalue weighted by molar-refractivity contribution is 7.89. The van der Waals surface area contributed by atoms with Crippen LogP contribution in [0.25, 0.3) is 0 Å². The Bertz CT molecular complexity index is 657. The molecule has 1 atom stereocenters. The van der Waals surface area contributed by atoms with E-state index < -0.39 is 10.0 Å². The third-order valence-corrected chi connectivity index (χ3v) is 6.00. The molecule has 0 radical (unpaired) electrons. The van der Waals surface area contributed by atoms with Crippen LogP contribution in [0.2, 0.25) is 10.0 Å². The predicted molar refractivity (Wildman–Crippen MR) is 77.0 cm³/mol. The molecule has 0 unspecified atom stereocenters. The summed E-state index contributed by atoms with van der Waals surface area (Å²) in [5.41, 5.74) is 0. The summed E-state index contributed by atoms with van der Waals surface area (Å²) in [6.45, 7) is 0.953. The number of hydrogen-bond donors (Lipinski definition) is 0. The van der Waals surface area contributed by atoms with Crippen LogP contribution in [0.15, 0.2) is 23.1 Å². The Kier molecular flexibility index (Phi) is 4.45. The molecular weight excluding hydrogens is 321 g/mol. The van der Waals surface area contributed by atoms with E-state index in [1.54, 1.807) is 0 Å². The van der Waals surface area contributed by atoms with E-state index in [9.17, 15) is 8.42 Å². The highest BCUT2D eigenvalue weighted by atomic mass is 35.5. The molecule has 1 aromatic rings. The minimum Gasteiger partial charge on any atom is -0.309 e. The van der Waals surface area contributed by atoms with Gasteiger partial charge in [-0.25, -0.2) is 8.42 Å². The van der Waals surface area contributed by atoms with Gasteiger partial charge >= 0.3 is 0 Å². The highest BCUT2D eigenvalue weighted by Crippen LogP contribution is 2.29. The van der Waals surface area contributed by atoms with Crippen molar-refractivity contribution in [2.24, 2.45) is 0 Å². The standard InChI is InChI=1S/C12H13Cl2N3O2S/c1-16(10-4-5-17(7-10)8-15)20(18,19)12-6-9(13)2-3-11(12)14/h2-3,6,10H,4-5,7H2,1H3/t10-/m1/s1. The lowest BCUT2D eigenvalue weighted by Gasteiger charge is -2.24. The summed E-state index contributed by atoms with van der Waals surface area (Å²) in [4.78, 5) is 1.53. The molecule has 108 valence electrons. The first-order valence-corrected chi connectivity index (χ1v) is 8.13. The van der Waals surface area contributed by atoms with Crippen molar-refractivity contribution in [2.45, 2.75) is 17.4 Å². The molecule has 0 amide bonds. The van der Waals surface area contributed by atoms with E-state index in [4.69, 9.17) is 28.5 Å². The highest BCUT2D eigenvalue weighted by Gasteiger charge is 2.34. The van der Waals surface area contributed by atoms with Crippen molar-refractivity contribution in [3.05, 3.63) is 28.2 Å². The van der Waals surface area contributed by atoms with Gasteiger partial charge < -0.3 is 4.90 Å². The molecule has 5 nitrogen and oxygen atoms in total. The second kappa shape index (κ2) is 5.78. The summed E-state index contributed by atoms with van der Waals surface area (Å²) in [7, 11) is -2.23. The van der Waals surface area contributed by atoms with E-state index in [1.807, 2.05) is 6.19 Å². The van der Waals surface area contributed by atoms with Crippen LogP contribution in [0.1, 0.15) is 6.42 Å². The minimum absolute atomic E-state index is 0.00965. The number of likely N-dealkylation sites (N-methyl/N-ethyl adjacent to an activating group) is 1. The summed E-state index contributed by atoms with van der Waals surface area (Å²) in [5.74, 6) is 0. The Morgan fingerprint density at radius 1 is 1.45 bits per heavy atom. The van der Waals surface area contributed by atoms with Crippen LogP contribution >= 0.6 is 23.2 Å². The minimum atomic E-state index is -3.73. The number of benzene rings is 1. The SMILES string of the molecule is CN([C@@H]1CCN(C#N)C1)S(=O)(=O)c1cc(Cl)ccc1Cl. The van der Waals surface area contributed by atoms with Gasteiger partial charge in [-0.1, -0.05) is 23.2 Å². The van der Waals surface area contributed by atoms with Crippen molar-refractivity contribution in [3.8, 4) is 6.19 Å². The Balaban J connectivity index is 2.31. The lowest BCUT2D eigenvalue weighted by atomic mass is 10.3. The third kappa shape index (κ3) is 2.86. The lowest BCUT2D eigenvalue weighted by molar-refractivity contribution is 0.365. The molecule has 1 fully saturated rings. The molecule has 20 heavy (non-hydrogen) atoms. The van der Waals surface area contributed by atoms with Crippen LogP contribution in [0, 0.1) is 11.5 Å². The van der Waals surface area contributed by atoms with Gasteiger partial charge in [-0.05, 0) is 24.6 Å². The number of nitriles is 1. The average molecular weight is 334 g/mol. The van der Waals surface area contributed by atoms with Gasteiger partial charge in [0, 0.05) is 31.2 Å². The zero-order valence-corrected chi connectivity index (χ0v) is 13.1. The molecule has 1 aromatic carbocycles. The van der Waals surface area contributed by atoms with Crippen molar-refractivity contribution in [1.82, 2.24) is 9.21 Å². The van der Waals surface area contributed by atoms with Gasteiger partial charge in [-0.2, -0.15) is 9.57 Å². The number of halogens is 2. The fraction of sp³-hybridized carbons (Fsp3) is 0.417. The number of likely N-dealkylation sites (tertiary alicyclic amines) is 1. The van der Waals surface area contributed by atoms with Crippen molar-refractivity contribution >= 4 is 33.2 Å². The fourth-order valence-electron chi connectivity index (χ4n) is 2.16. The van der Waals surface area contributed by atoms with E-state index in [1.165, 1.54) is 34.5 Å². The largest absolute Gasteiger partial charge is 0.309 e. The van der Waals surface area contributed by atoms with Crippen molar-refractivity contribution in [2.75, 3.05) is 20.1 Å². The second-order valence-electron chi connectivity index (χ2n) is 4.58. The second-order valence-corrected chi connectivity index (χ2v) is 7.39. The van der Waals surface area contributed by atoms with E-state index >= 15 is 0 Å². The molecule has 1 heterocycles.